The van der Waals surface area contributed by atoms with Crippen LogP contribution in [-0.4, -0.2) is 19.7 Å². The molecule has 0 aliphatic carbocycles. The molecule has 0 aliphatic heterocycles. The zero-order chi connectivity index (χ0) is 13.9. The molecular formula is C14H9N5O. The number of aromatic amines is 1. The van der Waals surface area contributed by atoms with Crippen LogP contribution in [0.4, 0.5) is 5.69 Å². The zero-order valence-electron chi connectivity index (χ0n) is 10.3. The van der Waals surface area contributed by atoms with Crippen molar-refractivity contribution in [1.29, 1.82) is 0 Å². The van der Waals surface area contributed by atoms with Gasteiger partial charge in [-0.1, -0.05) is 6.07 Å². The fourth-order valence-corrected chi connectivity index (χ4v) is 1.87. The minimum absolute atomic E-state index is 0.229. The van der Waals surface area contributed by atoms with Crippen LogP contribution in [0.2, 0.25) is 0 Å². The summed E-state index contributed by atoms with van der Waals surface area (Å²) in [5, 5.41) is 2.85. The van der Waals surface area contributed by atoms with Crippen molar-refractivity contribution in [3.8, 4) is 16.9 Å². The minimum Gasteiger partial charge on any atom is -0.296 e. The van der Waals surface area contributed by atoms with Gasteiger partial charge in [-0.25, -0.2) is 14.5 Å². The molecule has 3 rings (SSSR count). The van der Waals surface area contributed by atoms with Gasteiger partial charge in [-0.15, -0.1) is 0 Å². The molecule has 6 heteroatoms. The average Bonchev–Trinajstić information content (AvgIpc) is 2.90. The van der Waals surface area contributed by atoms with E-state index in [9.17, 15) is 4.79 Å². The molecule has 0 spiro atoms. The Labute approximate surface area is 114 Å². The molecule has 3 aromatic heterocycles. The van der Waals surface area contributed by atoms with E-state index in [1.54, 1.807) is 36.8 Å². The summed E-state index contributed by atoms with van der Waals surface area (Å²) in [6.07, 6.45) is 6.37. The second-order valence-electron chi connectivity index (χ2n) is 4.05. The molecule has 3 heterocycles. The van der Waals surface area contributed by atoms with Gasteiger partial charge in [0.25, 0.3) is 5.56 Å². The number of hydrogen-bond acceptors (Lipinski definition) is 3. The molecule has 0 saturated heterocycles. The van der Waals surface area contributed by atoms with Crippen LogP contribution in [0.1, 0.15) is 0 Å². The maximum atomic E-state index is 12.4. The molecule has 0 atom stereocenters. The Morgan fingerprint density at radius 1 is 1.30 bits per heavy atom. The average molecular weight is 263 g/mol. The van der Waals surface area contributed by atoms with Gasteiger partial charge in [0.2, 0.25) is 0 Å². The first-order valence-corrected chi connectivity index (χ1v) is 5.84. The maximum absolute atomic E-state index is 12.4. The molecule has 96 valence electrons. The molecule has 1 N–H and O–H groups in total. The third-order valence-electron chi connectivity index (χ3n) is 2.83. The van der Waals surface area contributed by atoms with Crippen LogP contribution < -0.4 is 5.56 Å². The minimum atomic E-state index is -0.229. The highest BCUT2D eigenvalue weighted by Gasteiger charge is 2.10. The lowest BCUT2D eigenvalue weighted by molar-refractivity contribution is 0.820. The van der Waals surface area contributed by atoms with Crippen LogP contribution in [0.15, 0.2) is 53.8 Å². The Morgan fingerprint density at radius 2 is 2.20 bits per heavy atom. The van der Waals surface area contributed by atoms with E-state index in [4.69, 9.17) is 6.57 Å². The number of nitrogens with one attached hydrogen (secondary N) is 1. The van der Waals surface area contributed by atoms with Gasteiger partial charge in [0.05, 0.1) is 12.1 Å². The molecule has 0 amide bonds. The first-order chi connectivity index (χ1) is 9.79. The van der Waals surface area contributed by atoms with Crippen molar-refractivity contribution in [3.05, 3.63) is 70.8 Å². The molecule has 6 nitrogen and oxygen atoms in total. The van der Waals surface area contributed by atoms with Crippen LogP contribution in [0, 0.1) is 6.57 Å². The molecular weight excluding hydrogens is 254 g/mol. The van der Waals surface area contributed by atoms with Gasteiger partial charge >= 0.3 is 0 Å². The quantitative estimate of drug-likeness (QED) is 0.720. The van der Waals surface area contributed by atoms with Crippen molar-refractivity contribution in [2.45, 2.75) is 0 Å². The van der Waals surface area contributed by atoms with Crippen molar-refractivity contribution in [1.82, 2.24) is 19.7 Å². The van der Waals surface area contributed by atoms with Gasteiger partial charge in [0.15, 0.2) is 5.69 Å². The summed E-state index contributed by atoms with van der Waals surface area (Å²) in [7, 11) is 0. The monoisotopic (exact) mass is 263 g/mol. The predicted octanol–water partition coefficient (Wildman–Crippen LogP) is 2.17. The SMILES string of the molecule is [C-]#[N+]c1ccnc(-n2[nH]cc(-c3cccnc3)c2=O)c1. The second-order valence-corrected chi connectivity index (χ2v) is 4.05. The number of H-pyrrole nitrogens is 1. The van der Waals surface area contributed by atoms with Crippen molar-refractivity contribution in [2.75, 3.05) is 0 Å². The summed E-state index contributed by atoms with van der Waals surface area (Å²) < 4.78 is 1.30. The number of rotatable bonds is 2. The Hall–Kier alpha value is -3.20. The standard InChI is InChI=1S/C14H9N5O/c1-15-11-4-6-17-13(7-11)19-14(20)12(9-18-19)10-3-2-5-16-8-10/h2-9,18H. The Balaban J connectivity index is 2.12. The fourth-order valence-electron chi connectivity index (χ4n) is 1.87. The number of aromatic nitrogens is 4. The van der Waals surface area contributed by atoms with E-state index in [2.05, 4.69) is 19.9 Å². The summed E-state index contributed by atoms with van der Waals surface area (Å²) in [4.78, 5) is 23.8. The highest BCUT2D eigenvalue weighted by molar-refractivity contribution is 5.61. The van der Waals surface area contributed by atoms with Gasteiger partial charge in [0.1, 0.15) is 5.82 Å². The molecule has 0 radical (unpaired) electrons. The first-order valence-electron chi connectivity index (χ1n) is 5.84. The molecule has 0 fully saturated rings. The van der Waals surface area contributed by atoms with E-state index in [-0.39, 0.29) is 5.56 Å². The van der Waals surface area contributed by atoms with E-state index in [1.807, 2.05) is 6.07 Å². The van der Waals surface area contributed by atoms with Crippen LogP contribution in [0.3, 0.4) is 0 Å². The third kappa shape index (κ3) is 1.97. The van der Waals surface area contributed by atoms with E-state index >= 15 is 0 Å². The van der Waals surface area contributed by atoms with Crippen molar-refractivity contribution in [3.63, 3.8) is 0 Å². The van der Waals surface area contributed by atoms with Crippen molar-refractivity contribution >= 4 is 5.69 Å². The highest BCUT2D eigenvalue weighted by Crippen LogP contribution is 2.16. The van der Waals surface area contributed by atoms with Crippen molar-refractivity contribution in [2.24, 2.45) is 0 Å². The lowest BCUT2D eigenvalue weighted by atomic mass is 10.2. The molecule has 3 aromatic rings. The Kier molecular flexibility index (Phi) is 2.86. The second kappa shape index (κ2) is 4.82. The summed E-state index contributed by atoms with van der Waals surface area (Å²) in [5.41, 5.74) is 1.44. The van der Waals surface area contributed by atoms with Gasteiger partial charge in [-0.2, -0.15) is 0 Å². The topological polar surface area (TPSA) is 67.9 Å². The van der Waals surface area contributed by atoms with E-state index in [0.717, 1.165) is 5.56 Å². The summed E-state index contributed by atoms with van der Waals surface area (Å²) in [5.74, 6) is 0.388. The fraction of sp³-hybridized carbons (Fsp3) is 0. The van der Waals surface area contributed by atoms with E-state index < -0.39 is 0 Å². The molecule has 0 saturated carbocycles. The molecule has 0 aliphatic rings. The largest absolute Gasteiger partial charge is 0.296 e. The van der Waals surface area contributed by atoms with E-state index in [1.165, 1.54) is 10.9 Å². The van der Waals surface area contributed by atoms with E-state index in [0.29, 0.717) is 17.1 Å². The van der Waals surface area contributed by atoms with Crippen molar-refractivity contribution < 1.29 is 0 Å². The molecule has 0 unspecified atom stereocenters. The van der Waals surface area contributed by atoms with Crippen LogP contribution >= 0.6 is 0 Å². The molecule has 20 heavy (non-hydrogen) atoms. The number of hydrogen-bond donors (Lipinski definition) is 1. The summed E-state index contributed by atoms with van der Waals surface area (Å²) in [6.45, 7) is 6.99. The summed E-state index contributed by atoms with van der Waals surface area (Å²) >= 11 is 0. The van der Waals surface area contributed by atoms with Gasteiger partial charge in [-0.05, 0) is 18.2 Å². The number of nitrogens with zero attached hydrogens (tertiary/aromatic N) is 4. The summed E-state index contributed by atoms with van der Waals surface area (Å²) in [6, 6.07) is 6.72. The Morgan fingerprint density at radius 3 is 2.95 bits per heavy atom. The highest BCUT2D eigenvalue weighted by atomic mass is 16.1. The van der Waals surface area contributed by atoms with Crippen LogP contribution in [0.25, 0.3) is 21.8 Å². The zero-order valence-corrected chi connectivity index (χ0v) is 10.3. The Bertz CT molecular complexity index is 842. The smallest absolute Gasteiger partial charge is 0.280 e. The predicted molar refractivity (Wildman–Crippen MR) is 73.7 cm³/mol. The number of pyridine rings is 2. The first kappa shape index (κ1) is 11.9. The lowest BCUT2D eigenvalue weighted by Crippen LogP contribution is -2.16. The third-order valence-corrected chi connectivity index (χ3v) is 2.83. The normalized spacial score (nSPS) is 10.2. The molecule has 0 bridgehead atoms. The van der Waals surface area contributed by atoms with Gasteiger partial charge in [0, 0.05) is 30.4 Å². The van der Waals surface area contributed by atoms with Crippen LogP contribution in [-0.2, 0) is 0 Å². The molecule has 0 aromatic carbocycles. The van der Waals surface area contributed by atoms with Gasteiger partial charge in [-0.3, -0.25) is 14.9 Å². The maximum Gasteiger partial charge on any atom is 0.280 e. The van der Waals surface area contributed by atoms with Crippen LogP contribution in [0.5, 0.6) is 0 Å². The lowest BCUT2D eigenvalue weighted by Gasteiger charge is -2.00. The van der Waals surface area contributed by atoms with Gasteiger partial charge < -0.3 is 0 Å².